The zero-order chi connectivity index (χ0) is 10.1. The second-order valence-corrected chi connectivity index (χ2v) is 2.92. The minimum atomic E-state index is -1.30. The Balaban J connectivity index is 2.33. The molecule has 0 aromatic heterocycles. The molecular formula is C9H9NO4. The van der Waals surface area contributed by atoms with Crippen LogP contribution in [0.4, 0.5) is 0 Å². The molecule has 0 fully saturated rings. The van der Waals surface area contributed by atoms with Crippen LogP contribution in [-0.2, 0) is 4.79 Å². The molecule has 1 aromatic carbocycles. The molecule has 1 unspecified atom stereocenters. The number of aliphatic hydroxyl groups is 1. The first kappa shape index (κ1) is 8.83. The number of hydrogen-bond acceptors (Lipinski definition) is 4. The van der Waals surface area contributed by atoms with Crippen LogP contribution in [-0.4, -0.2) is 17.8 Å². The van der Waals surface area contributed by atoms with Gasteiger partial charge in [0.25, 0.3) is 5.91 Å². The van der Waals surface area contributed by atoms with E-state index in [4.69, 9.17) is 15.2 Å². The number of hydrogen-bond donors (Lipinski definition) is 2. The number of carbonyl (C=O) groups excluding carboxylic acids is 1. The number of primary amides is 1. The summed E-state index contributed by atoms with van der Waals surface area (Å²) in [4.78, 5) is 10.7. The summed E-state index contributed by atoms with van der Waals surface area (Å²) in [5, 5.41) is 9.36. The minimum absolute atomic E-state index is 0.158. The third-order valence-corrected chi connectivity index (χ3v) is 1.98. The van der Waals surface area contributed by atoms with Crippen molar-refractivity contribution in [3.8, 4) is 11.5 Å². The monoisotopic (exact) mass is 195 g/mol. The van der Waals surface area contributed by atoms with Gasteiger partial charge in [-0.05, 0) is 17.7 Å². The molecule has 14 heavy (non-hydrogen) atoms. The predicted octanol–water partition coefficient (Wildman–Crippen LogP) is -0.0660. The lowest BCUT2D eigenvalue weighted by atomic mass is 10.1. The number of aliphatic hydroxyl groups excluding tert-OH is 1. The first-order chi connectivity index (χ1) is 6.68. The Bertz CT molecular complexity index is 377. The molecule has 5 heteroatoms. The van der Waals surface area contributed by atoms with Crippen molar-refractivity contribution in [2.24, 2.45) is 5.73 Å². The number of fused-ring (bicyclic) bond motifs is 1. The Hall–Kier alpha value is -1.75. The molecular weight excluding hydrogens is 186 g/mol. The normalized spacial score (nSPS) is 15.2. The Morgan fingerprint density at radius 1 is 1.43 bits per heavy atom. The van der Waals surface area contributed by atoms with Gasteiger partial charge in [-0.3, -0.25) is 4.79 Å². The molecule has 0 spiro atoms. The van der Waals surface area contributed by atoms with Gasteiger partial charge in [-0.25, -0.2) is 0 Å². The van der Waals surface area contributed by atoms with Crippen molar-refractivity contribution in [2.45, 2.75) is 6.10 Å². The van der Waals surface area contributed by atoms with Crippen molar-refractivity contribution in [2.75, 3.05) is 6.79 Å². The van der Waals surface area contributed by atoms with Crippen molar-refractivity contribution in [1.29, 1.82) is 0 Å². The summed E-state index contributed by atoms with van der Waals surface area (Å²) in [6.07, 6.45) is -1.30. The lowest BCUT2D eigenvalue weighted by molar-refractivity contribution is -0.126. The molecule has 0 aliphatic carbocycles. The number of amides is 1. The van der Waals surface area contributed by atoms with E-state index in [2.05, 4.69) is 0 Å². The average molecular weight is 195 g/mol. The Labute approximate surface area is 80.0 Å². The highest BCUT2D eigenvalue weighted by Crippen LogP contribution is 2.33. The van der Waals surface area contributed by atoms with Gasteiger partial charge >= 0.3 is 0 Å². The van der Waals surface area contributed by atoms with E-state index < -0.39 is 12.0 Å². The SMILES string of the molecule is NC(=O)C(O)c1ccc2c(c1)OCO2. The largest absolute Gasteiger partial charge is 0.454 e. The third-order valence-electron chi connectivity index (χ3n) is 1.98. The zero-order valence-corrected chi connectivity index (χ0v) is 7.27. The van der Waals surface area contributed by atoms with Crippen molar-refractivity contribution >= 4 is 5.91 Å². The Kier molecular flexibility index (Phi) is 2.01. The van der Waals surface area contributed by atoms with E-state index >= 15 is 0 Å². The molecule has 0 saturated heterocycles. The van der Waals surface area contributed by atoms with E-state index in [1.807, 2.05) is 0 Å². The molecule has 0 radical (unpaired) electrons. The first-order valence-electron chi connectivity index (χ1n) is 4.05. The zero-order valence-electron chi connectivity index (χ0n) is 7.27. The van der Waals surface area contributed by atoms with Crippen molar-refractivity contribution in [3.05, 3.63) is 23.8 Å². The summed E-state index contributed by atoms with van der Waals surface area (Å²) in [6.45, 7) is 0.158. The molecule has 1 aromatic rings. The molecule has 1 aliphatic heterocycles. The molecule has 74 valence electrons. The molecule has 3 N–H and O–H groups in total. The molecule has 1 atom stereocenters. The molecule has 2 rings (SSSR count). The lowest BCUT2D eigenvalue weighted by Crippen LogP contribution is -2.20. The highest BCUT2D eigenvalue weighted by atomic mass is 16.7. The number of carbonyl (C=O) groups is 1. The van der Waals surface area contributed by atoms with Crippen LogP contribution in [0.25, 0.3) is 0 Å². The highest BCUT2D eigenvalue weighted by Gasteiger charge is 2.19. The number of rotatable bonds is 2. The van der Waals surface area contributed by atoms with E-state index in [-0.39, 0.29) is 6.79 Å². The van der Waals surface area contributed by atoms with Gasteiger partial charge in [-0.1, -0.05) is 6.07 Å². The fraction of sp³-hybridized carbons (Fsp3) is 0.222. The van der Waals surface area contributed by atoms with Crippen LogP contribution in [0.5, 0.6) is 11.5 Å². The van der Waals surface area contributed by atoms with Crippen LogP contribution in [0.3, 0.4) is 0 Å². The first-order valence-corrected chi connectivity index (χ1v) is 4.05. The predicted molar refractivity (Wildman–Crippen MR) is 46.7 cm³/mol. The van der Waals surface area contributed by atoms with E-state index in [1.54, 1.807) is 12.1 Å². The summed E-state index contributed by atoms with van der Waals surface area (Å²) in [5.74, 6) is 0.331. The average Bonchev–Trinajstić information content (AvgIpc) is 2.62. The molecule has 1 amide bonds. The van der Waals surface area contributed by atoms with Crippen molar-refractivity contribution in [3.63, 3.8) is 0 Å². The number of nitrogens with two attached hydrogens (primary N) is 1. The molecule has 5 nitrogen and oxygen atoms in total. The van der Waals surface area contributed by atoms with Crippen LogP contribution < -0.4 is 15.2 Å². The minimum Gasteiger partial charge on any atom is -0.454 e. The van der Waals surface area contributed by atoms with Gasteiger partial charge in [0.05, 0.1) is 0 Å². The van der Waals surface area contributed by atoms with Gasteiger partial charge in [0.15, 0.2) is 17.6 Å². The second kappa shape index (κ2) is 3.19. The molecule has 1 aliphatic rings. The summed E-state index contributed by atoms with van der Waals surface area (Å²) >= 11 is 0. The second-order valence-electron chi connectivity index (χ2n) is 2.92. The van der Waals surface area contributed by atoms with E-state index in [0.29, 0.717) is 17.1 Å². The third kappa shape index (κ3) is 1.38. The van der Waals surface area contributed by atoms with Crippen LogP contribution in [0.2, 0.25) is 0 Å². The maximum Gasteiger partial charge on any atom is 0.250 e. The van der Waals surface area contributed by atoms with Crippen molar-refractivity contribution in [1.82, 2.24) is 0 Å². The fourth-order valence-electron chi connectivity index (χ4n) is 1.25. The number of ether oxygens (including phenoxy) is 2. The van der Waals surface area contributed by atoms with E-state index in [9.17, 15) is 9.90 Å². The van der Waals surface area contributed by atoms with Crippen LogP contribution >= 0.6 is 0 Å². The van der Waals surface area contributed by atoms with Gasteiger partial charge in [-0.2, -0.15) is 0 Å². The summed E-state index contributed by atoms with van der Waals surface area (Å²) < 4.78 is 10.2. The standard InChI is InChI=1S/C9H9NO4/c10-9(12)8(11)5-1-2-6-7(3-5)14-4-13-6/h1-3,8,11H,4H2,(H2,10,12). The van der Waals surface area contributed by atoms with Crippen LogP contribution in [0.1, 0.15) is 11.7 Å². The molecule has 1 heterocycles. The number of benzene rings is 1. The van der Waals surface area contributed by atoms with Crippen molar-refractivity contribution < 1.29 is 19.4 Å². The lowest BCUT2D eigenvalue weighted by Gasteiger charge is -2.06. The van der Waals surface area contributed by atoms with Gasteiger partial charge in [0, 0.05) is 0 Å². The van der Waals surface area contributed by atoms with Crippen LogP contribution in [0.15, 0.2) is 18.2 Å². The Morgan fingerprint density at radius 3 is 2.86 bits per heavy atom. The highest BCUT2D eigenvalue weighted by molar-refractivity contribution is 5.80. The van der Waals surface area contributed by atoms with Gasteiger partial charge in [0.1, 0.15) is 0 Å². The summed E-state index contributed by atoms with van der Waals surface area (Å²) in [6, 6.07) is 4.74. The molecule has 0 saturated carbocycles. The van der Waals surface area contributed by atoms with Gasteiger partial charge in [-0.15, -0.1) is 0 Å². The fourth-order valence-corrected chi connectivity index (χ4v) is 1.25. The smallest absolute Gasteiger partial charge is 0.250 e. The maximum absolute atomic E-state index is 10.7. The maximum atomic E-state index is 10.7. The van der Waals surface area contributed by atoms with Gasteiger partial charge < -0.3 is 20.3 Å². The quantitative estimate of drug-likeness (QED) is 0.692. The summed E-state index contributed by atoms with van der Waals surface area (Å²) in [5.41, 5.74) is 5.36. The van der Waals surface area contributed by atoms with E-state index in [1.165, 1.54) is 6.07 Å². The topological polar surface area (TPSA) is 81.8 Å². The molecule has 0 bridgehead atoms. The van der Waals surface area contributed by atoms with E-state index in [0.717, 1.165) is 0 Å². The summed E-state index contributed by atoms with van der Waals surface area (Å²) in [7, 11) is 0. The van der Waals surface area contributed by atoms with Gasteiger partial charge in [0.2, 0.25) is 6.79 Å². The van der Waals surface area contributed by atoms with Crippen LogP contribution in [0, 0.1) is 0 Å². The Morgan fingerprint density at radius 2 is 2.14 bits per heavy atom.